The van der Waals surface area contributed by atoms with Crippen molar-refractivity contribution in [3.8, 4) is 0 Å². The molecule has 1 aromatic carbocycles. The van der Waals surface area contributed by atoms with Crippen molar-refractivity contribution in [2.45, 2.75) is 26.2 Å². The first-order chi connectivity index (χ1) is 13.0. The van der Waals surface area contributed by atoms with Crippen molar-refractivity contribution >= 4 is 41.8 Å². The Hall–Kier alpha value is -1.84. The summed E-state index contributed by atoms with van der Waals surface area (Å²) in [6.45, 7) is 5.26. The van der Waals surface area contributed by atoms with E-state index in [2.05, 4.69) is 15.6 Å². The van der Waals surface area contributed by atoms with Crippen LogP contribution in [0.15, 0.2) is 29.3 Å². The Bertz CT molecular complexity index is 672. The summed E-state index contributed by atoms with van der Waals surface area (Å²) < 4.78 is 0. The molecular formula is C20H32IN5O2. The molecule has 0 aliphatic carbocycles. The summed E-state index contributed by atoms with van der Waals surface area (Å²) in [4.78, 5) is 32.1. The molecule has 2 N–H and O–H groups in total. The van der Waals surface area contributed by atoms with Crippen LogP contribution in [0.25, 0.3) is 0 Å². The van der Waals surface area contributed by atoms with Crippen LogP contribution in [-0.4, -0.2) is 74.4 Å². The molecule has 1 fully saturated rings. The number of nitrogens with one attached hydrogen (secondary N) is 2. The highest BCUT2D eigenvalue weighted by molar-refractivity contribution is 14.0. The van der Waals surface area contributed by atoms with Crippen LogP contribution in [-0.2, 0) is 11.2 Å². The monoisotopic (exact) mass is 501 g/mol. The molecule has 1 aromatic rings. The minimum absolute atomic E-state index is 0. The van der Waals surface area contributed by atoms with Crippen LogP contribution in [0.1, 0.15) is 35.7 Å². The highest BCUT2D eigenvalue weighted by Crippen LogP contribution is 2.08. The summed E-state index contributed by atoms with van der Waals surface area (Å²) in [6, 6.07) is 7.66. The van der Waals surface area contributed by atoms with Crippen LogP contribution in [0.3, 0.4) is 0 Å². The van der Waals surface area contributed by atoms with Crippen molar-refractivity contribution < 1.29 is 9.59 Å². The smallest absolute Gasteiger partial charge is 0.253 e. The SMILES string of the molecule is CCNC(=NCC(=O)N1CCCC1)NCCc1cccc(C(=O)N(C)C)c1.I. The minimum Gasteiger partial charge on any atom is -0.357 e. The molecule has 7 nitrogen and oxygen atoms in total. The molecular weight excluding hydrogens is 469 g/mol. The van der Waals surface area contributed by atoms with Gasteiger partial charge < -0.3 is 20.4 Å². The van der Waals surface area contributed by atoms with Gasteiger partial charge in [0, 0.05) is 45.8 Å². The summed E-state index contributed by atoms with van der Waals surface area (Å²) in [6.07, 6.45) is 2.94. The molecule has 0 spiro atoms. The van der Waals surface area contributed by atoms with Crippen LogP contribution < -0.4 is 10.6 Å². The molecule has 28 heavy (non-hydrogen) atoms. The van der Waals surface area contributed by atoms with Crippen molar-refractivity contribution in [3.63, 3.8) is 0 Å². The van der Waals surface area contributed by atoms with Gasteiger partial charge in [-0.15, -0.1) is 24.0 Å². The Kier molecular flexibility index (Phi) is 10.9. The van der Waals surface area contributed by atoms with Gasteiger partial charge in [0.2, 0.25) is 5.91 Å². The van der Waals surface area contributed by atoms with Gasteiger partial charge in [-0.05, 0) is 43.9 Å². The minimum atomic E-state index is 0. The van der Waals surface area contributed by atoms with E-state index >= 15 is 0 Å². The second kappa shape index (κ2) is 12.6. The number of amides is 2. The van der Waals surface area contributed by atoms with Gasteiger partial charge in [0.1, 0.15) is 6.54 Å². The lowest BCUT2D eigenvalue weighted by molar-refractivity contribution is -0.128. The maximum atomic E-state index is 12.1. The van der Waals surface area contributed by atoms with E-state index < -0.39 is 0 Å². The van der Waals surface area contributed by atoms with Gasteiger partial charge in [-0.2, -0.15) is 0 Å². The van der Waals surface area contributed by atoms with Crippen LogP contribution in [0.2, 0.25) is 0 Å². The lowest BCUT2D eigenvalue weighted by Crippen LogP contribution is -2.39. The molecule has 1 saturated heterocycles. The summed E-state index contributed by atoms with van der Waals surface area (Å²) >= 11 is 0. The number of aliphatic imine (C=N–C) groups is 1. The number of guanidine groups is 1. The first-order valence-electron chi connectivity index (χ1n) is 9.61. The third-order valence-electron chi connectivity index (χ3n) is 4.46. The molecule has 156 valence electrons. The average Bonchev–Trinajstić information content (AvgIpc) is 3.20. The molecule has 8 heteroatoms. The third-order valence-corrected chi connectivity index (χ3v) is 4.46. The molecule has 0 saturated carbocycles. The van der Waals surface area contributed by atoms with Crippen molar-refractivity contribution in [2.75, 3.05) is 46.8 Å². The molecule has 2 rings (SSSR count). The lowest BCUT2D eigenvalue weighted by atomic mass is 10.1. The molecule has 0 unspecified atom stereocenters. The highest BCUT2D eigenvalue weighted by atomic mass is 127. The van der Waals surface area contributed by atoms with Gasteiger partial charge in [-0.25, -0.2) is 4.99 Å². The molecule has 0 radical (unpaired) electrons. The maximum Gasteiger partial charge on any atom is 0.253 e. The summed E-state index contributed by atoms with van der Waals surface area (Å²) in [5.41, 5.74) is 1.77. The zero-order valence-corrected chi connectivity index (χ0v) is 19.4. The van der Waals surface area contributed by atoms with Gasteiger partial charge in [0.15, 0.2) is 5.96 Å². The zero-order chi connectivity index (χ0) is 19.6. The maximum absolute atomic E-state index is 12.1. The van der Waals surface area contributed by atoms with E-state index in [-0.39, 0.29) is 42.3 Å². The van der Waals surface area contributed by atoms with Crippen molar-refractivity contribution in [2.24, 2.45) is 4.99 Å². The largest absolute Gasteiger partial charge is 0.357 e. The number of nitrogens with zero attached hydrogens (tertiary/aromatic N) is 3. The fourth-order valence-electron chi connectivity index (χ4n) is 3.00. The first kappa shape index (κ1) is 24.2. The third kappa shape index (κ3) is 7.65. The van der Waals surface area contributed by atoms with E-state index in [0.29, 0.717) is 18.1 Å². The van der Waals surface area contributed by atoms with E-state index in [1.54, 1.807) is 19.0 Å². The number of likely N-dealkylation sites (tertiary alicyclic amines) is 1. The van der Waals surface area contributed by atoms with Crippen LogP contribution in [0, 0.1) is 0 Å². The topological polar surface area (TPSA) is 77.0 Å². The molecule has 0 bridgehead atoms. The number of benzene rings is 1. The Labute approximate surface area is 185 Å². The zero-order valence-electron chi connectivity index (χ0n) is 17.0. The predicted octanol–water partition coefficient (Wildman–Crippen LogP) is 1.73. The second-order valence-electron chi connectivity index (χ2n) is 6.86. The molecule has 0 atom stereocenters. The molecule has 1 heterocycles. The number of halogens is 1. The van der Waals surface area contributed by atoms with E-state index in [0.717, 1.165) is 44.5 Å². The average molecular weight is 501 g/mol. The Morgan fingerprint density at radius 2 is 1.89 bits per heavy atom. The van der Waals surface area contributed by atoms with Crippen LogP contribution in [0.4, 0.5) is 0 Å². The number of hydrogen-bond acceptors (Lipinski definition) is 3. The van der Waals surface area contributed by atoms with Crippen LogP contribution >= 0.6 is 24.0 Å². The van der Waals surface area contributed by atoms with E-state index in [1.807, 2.05) is 36.1 Å². The quantitative estimate of drug-likeness (QED) is 0.339. The van der Waals surface area contributed by atoms with Gasteiger partial charge in [0.05, 0.1) is 0 Å². The fourth-order valence-corrected chi connectivity index (χ4v) is 3.00. The first-order valence-corrected chi connectivity index (χ1v) is 9.61. The molecule has 1 aliphatic rings. The standard InChI is InChI=1S/C20H31N5O2.HI/c1-4-21-20(23-15-18(26)25-12-5-6-13-25)22-11-10-16-8-7-9-17(14-16)19(27)24(2)3;/h7-9,14H,4-6,10-13,15H2,1-3H3,(H2,21,22,23);1H. The predicted molar refractivity (Wildman–Crippen MR) is 123 cm³/mol. The van der Waals surface area contributed by atoms with Crippen LogP contribution in [0.5, 0.6) is 0 Å². The van der Waals surface area contributed by atoms with E-state index in [1.165, 1.54) is 0 Å². The Morgan fingerprint density at radius 1 is 1.18 bits per heavy atom. The van der Waals surface area contributed by atoms with Gasteiger partial charge in [0.25, 0.3) is 5.91 Å². The second-order valence-corrected chi connectivity index (χ2v) is 6.86. The number of rotatable bonds is 7. The van der Waals surface area contributed by atoms with Gasteiger partial charge in [-0.3, -0.25) is 9.59 Å². The molecule has 1 aliphatic heterocycles. The Morgan fingerprint density at radius 3 is 2.54 bits per heavy atom. The van der Waals surface area contributed by atoms with E-state index in [4.69, 9.17) is 0 Å². The van der Waals surface area contributed by atoms with Gasteiger partial charge >= 0.3 is 0 Å². The number of hydrogen-bond donors (Lipinski definition) is 2. The fraction of sp³-hybridized carbons (Fsp3) is 0.550. The number of carbonyl (C=O) groups excluding carboxylic acids is 2. The van der Waals surface area contributed by atoms with Crippen molar-refractivity contribution in [1.82, 2.24) is 20.4 Å². The molecule has 0 aromatic heterocycles. The summed E-state index contributed by atoms with van der Waals surface area (Å²) in [5, 5.41) is 6.43. The lowest BCUT2D eigenvalue weighted by Gasteiger charge is -2.15. The van der Waals surface area contributed by atoms with E-state index in [9.17, 15) is 9.59 Å². The van der Waals surface area contributed by atoms with Crippen molar-refractivity contribution in [1.29, 1.82) is 0 Å². The molecule has 2 amide bonds. The normalized spacial score (nSPS) is 13.7. The Balaban J connectivity index is 0.00000392. The number of carbonyl (C=O) groups is 2. The summed E-state index contributed by atoms with van der Waals surface area (Å²) in [5.74, 6) is 0.727. The van der Waals surface area contributed by atoms with Gasteiger partial charge in [-0.1, -0.05) is 12.1 Å². The highest BCUT2D eigenvalue weighted by Gasteiger charge is 2.17. The summed E-state index contributed by atoms with van der Waals surface area (Å²) in [7, 11) is 3.50. The van der Waals surface area contributed by atoms with Crippen molar-refractivity contribution in [3.05, 3.63) is 35.4 Å².